The second kappa shape index (κ2) is 9.02. The molecule has 0 bridgehead atoms. The first kappa shape index (κ1) is 21.7. The summed E-state index contributed by atoms with van der Waals surface area (Å²) < 4.78 is 12.7. The highest BCUT2D eigenvalue weighted by atomic mass is 32.1. The molecular weight excluding hydrogens is 434 g/mol. The van der Waals surface area contributed by atoms with Gasteiger partial charge < -0.3 is 14.8 Å². The number of fused-ring (bicyclic) bond motifs is 3. The van der Waals surface area contributed by atoms with Gasteiger partial charge in [0.2, 0.25) is 0 Å². The zero-order valence-electron chi connectivity index (χ0n) is 19.6. The van der Waals surface area contributed by atoms with Gasteiger partial charge in [0, 0.05) is 17.1 Å². The first-order valence-electron chi connectivity index (χ1n) is 11.4. The van der Waals surface area contributed by atoms with Crippen LogP contribution in [0.5, 0.6) is 11.5 Å². The number of ether oxygens (including phenoxy) is 2. The van der Waals surface area contributed by atoms with Crippen LogP contribution in [-0.2, 0) is 19.3 Å². The Hall–Kier alpha value is -3.13. The maximum Gasteiger partial charge on any atom is 0.254 e. The number of nitrogens with one attached hydrogen (secondary N) is 1. The summed E-state index contributed by atoms with van der Waals surface area (Å²) in [5, 5.41) is 9.42. The summed E-state index contributed by atoms with van der Waals surface area (Å²) in [5.41, 5.74) is 4.60. The minimum absolute atomic E-state index is 0.625. The predicted octanol–water partition coefficient (Wildman–Crippen LogP) is 5.04. The number of hydrogen-bond acceptors (Lipinski definition) is 7. The van der Waals surface area contributed by atoms with Crippen molar-refractivity contribution < 1.29 is 9.47 Å². The summed E-state index contributed by atoms with van der Waals surface area (Å²) in [6.45, 7) is 4.79. The van der Waals surface area contributed by atoms with Crippen molar-refractivity contribution in [3.05, 3.63) is 51.7 Å². The molecule has 3 heterocycles. The Morgan fingerprint density at radius 1 is 1.03 bits per heavy atom. The van der Waals surface area contributed by atoms with Gasteiger partial charge in [-0.2, -0.15) is 15.1 Å². The van der Waals surface area contributed by atoms with Crippen molar-refractivity contribution in [2.24, 2.45) is 0 Å². The molecule has 8 heteroatoms. The van der Waals surface area contributed by atoms with Crippen molar-refractivity contribution in [3.63, 3.8) is 0 Å². The van der Waals surface area contributed by atoms with Crippen LogP contribution in [0, 0.1) is 13.8 Å². The molecule has 4 aromatic rings. The van der Waals surface area contributed by atoms with Crippen LogP contribution in [-0.4, -0.2) is 40.5 Å². The Morgan fingerprint density at radius 3 is 2.61 bits per heavy atom. The van der Waals surface area contributed by atoms with Gasteiger partial charge in [-0.3, -0.25) is 0 Å². The van der Waals surface area contributed by atoms with E-state index in [-0.39, 0.29) is 0 Å². The van der Waals surface area contributed by atoms with Crippen LogP contribution < -0.4 is 14.8 Å². The van der Waals surface area contributed by atoms with Gasteiger partial charge in [-0.05, 0) is 75.3 Å². The third kappa shape index (κ3) is 4.15. The quantitative estimate of drug-likeness (QED) is 0.414. The van der Waals surface area contributed by atoms with Crippen molar-refractivity contribution in [2.45, 2.75) is 46.0 Å². The molecule has 0 aliphatic heterocycles. The molecule has 7 nitrogen and oxygen atoms in total. The van der Waals surface area contributed by atoms with E-state index in [1.807, 2.05) is 42.0 Å². The van der Waals surface area contributed by atoms with E-state index in [1.54, 1.807) is 14.2 Å². The molecule has 3 aromatic heterocycles. The average Bonchev–Trinajstić information content (AvgIpc) is 3.37. The Bertz CT molecular complexity index is 1310. The molecule has 1 aromatic carbocycles. The monoisotopic (exact) mass is 463 g/mol. The molecule has 1 aliphatic carbocycles. The summed E-state index contributed by atoms with van der Waals surface area (Å²) in [6.07, 6.45) is 5.55. The Labute approximate surface area is 197 Å². The number of benzene rings is 1. The third-order valence-corrected chi connectivity index (χ3v) is 7.34. The summed E-state index contributed by atoms with van der Waals surface area (Å²) in [7, 11) is 3.32. The number of thiophene rings is 1. The van der Waals surface area contributed by atoms with Gasteiger partial charge in [0.25, 0.3) is 5.95 Å². The Balaban J connectivity index is 1.48. The van der Waals surface area contributed by atoms with E-state index in [2.05, 4.69) is 22.5 Å². The first-order chi connectivity index (χ1) is 16.1. The lowest BCUT2D eigenvalue weighted by Crippen LogP contribution is -2.12. The van der Waals surface area contributed by atoms with Crippen molar-refractivity contribution in [1.82, 2.24) is 19.7 Å². The fraction of sp³-hybridized carbons (Fsp3) is 0.400. The molecule has 0 saturated carbocycles. The van der Waals surface area contributed by atoms with Crippen LogP contribution in [0.25, 0.3) is 16.2 Å². The molecular formula is C25H29N5O2S. The van der Waals surface area contributed by atoms with Crippen LogP contribution in [0.3, 0.4) is 0 Å². The minimum Gasteiger partial charge on any atom is -0.493 e. The molecule has 0 amide bonds. The topological polar surface area (TPSA) is 74.1 Å². The van der Waals surface area contributed by atoms with E-state index < -0.39 is 0 Å². The van der Waals surface area contributed by atoms with Crippen molar-refractivity contribution >= 4 is 27.4 Å². The van der Waals surface area contributed by atoms with E-state index in [0.29, 0.717) is 5.95 Å². The number of aryl methyl sites for hydroxylation is 4. The zero-order chi connectivity index (χ0) is 22.9. The maximum absolute atomic E-state index is 5.45. The molecule has 0 unspecified atom stereocenters. The van der Waals surface area contributed by atoms with Crippen LogP contribution >= 0.6 is 11.3 Å². The largest absolute Gasteiger partial charge is 0.493 e. The smallest absolute Gasteiger partial charge is 0.254 e. The molecule has 1 N–H and O–H groups in total. The number of hydrogen-bond donors (Lipinski definition) is 1. The molecule has 5 rings (SSSR count). The summed E-state index contributed by atoms with van der Waals surface area (Å²) in [6, 6.07) is 8.11. The number of anilines is 1. The summed E-state index contributed by atoms with van der Waals surface area (Å²) >= 11 is 1.81. The lowest BCUT2D eigenvalue weighted by molar-refractivity contribution is 0.354. The average molecular weight is 464 g/mol. The normalized spacial score (nSPS) is 13.2. The van der Waals surface area contributed by atoms with E-state index in [1.165, 1.54) is 34.2 Å². The van der Waals surface area contributed by atoms with E-state index in [4.69, 9.17) is 19.4 Å². The standard InChI is InChI=1S/C25H29N5O2S/c1-15-13-16(2)30(29-15)25-27-23(22-18-7-5-6-8-21(18)33-24(22)28-25)26-12-11-17-9-10-19(31-3)20(14-17)32-4/h9-10,13-14H,5-8,11-12H2,1-4H3,(H,26,27,28). The Morgan fingerprint density at radius 2 is 1.85 bits per heavy atom. The Kier molecular flexibility index (Phi) is 5.93. The number of methoxy groups -OCH3 is 2. The number of nitrogens with zero attached hydrogens (tertiary/aromatic N) is 4. The number of aromatic nitrogens is 4. The van der Waals surface area contributed by atoms with Crippen LogP contribution in [0.4, 0.5) is 5.82 Å². The SMILES string of the molecule is COc1ccc(CCNc2nc(-n3nc(C)cc3C)nc3sc4c(c23)CCCC4)cc1OC. The zero-order valence-corrected chi connectivity index (χ0v) is 20.4. The van der Waals surface area contributed by atoms with Gasteiger partial charge in [-0.15, -0.1) is 11.3 Å². The van der Waals surface area contributed by atoms with E-state index >= 15 is 0 Å². The summed E-state index contributed by atoms with van der Waals surface area (Å²) in [4.78, 5) is 12.4. The highest BCUT2D eigenvalue weighted by Crippen LogP contribution is 2.39. The second-order valence-electron chi connectivity index (χ2n) is 8.47. The maximum atomic E-state index is 5.45. The highest BCUT2D eigenvalue weighted by molar-refractivity contribution is 7.19. The van der Waals surface area contributed by atoms with Gasteiger partial charge in [0.05, 0.1) is 25.3 Å². The van der Waals surface area contributed by atoms with Gasteiger partial charge in [-0.25, -0.2) is 4.68 Å². The fourth-order valence-corrected chi connectivity index (χ4v) is 5.82. The van der Waals surface area contributed by atoms with Crippen LogP contribution in [0.1, 0.15) is 40.2 Å². The van der Waals surface area contributed by atoms with Gasteiger partial charge >= 0.3 is 0 Å². The van der Waals surface area contributed by atoms with Crippen LogP contribution in [0.2, 0.25) is 0 Å². The summed E-state index contributed by atoms with van der Waals surface area (Å²) in [5.74, 6) is 3.02. The van der Waals surface area contributed by atoms with Gasteiger partial charge in [0.15, 0.2) is 11.5 Å². The third-order valence-electron chi connectivity index (χ3n) is 6.16. The van der Waals surface area contributed by atoms with Gasteiger partial charge in [0.1, 0.15) is 10.6 Å². The highest BCUT2D eigenvalue weighted by Gasteiger charge is 2.22. The molecule has 0 fully saturated rings. The minimum atomic E-state index is 0.625. The molecule has 0 spiro atoms. The fourth-order valence-electron chi connectivity index (χ4n) is 4.56. The molecule has 172 valence electrons. The molecule has 33 heavy (non-hydrogen) atoms. The lowest BCUT2D eigenvalue weighted by Gasteiger charge is -2.14. The van der Waals surface area contributed by atoms with Crippen LogP contribution in [0.15, 0.2) is 24.3 Å². The predicted molar refractivity (Wildman–Crippen MR) is 132 cm³/mol. The van der Waals surface area contributed by atoms with Crippen molar-refractivity contribution in [3.8, 4) is 17.4 Å². The molecule has 0 radical (unpaired) electrons. The van der Waals surface area contributed by atoms with Gasteiger partial charge in [-0.1, -0.05) is 6.07 Å². The van der Waals surface area contributed by atoms with Crippen molar-refractivity contribution in [1.29, 1.82) is 0 Å². The molecule has 0 atom stereocenters. The van der Waals surface area contributed by atoms with E-state index in [9.17, 15) is 0 Å². The molecule has 1 aliphatic rings. The first-order valence-corrected chi connectivity index (χ1v) is 12.2. The van der Waals surface area contributed by atoms with Crippen molar-refractivity contribution in [2.75, 3.05) is 26.1 Å². The van der Waals surface area contributed by atoms with E-state index in [0.717, 1.165) is 59.3 Å². The molecule has 0 saturated heterocycles. The lowest BCUT2D eigenvalue weighted by atomic mass is 9.97. The number of rotatable bonds is 7. The second-order valence-corrected chi connectivity index (χ2v) is 9.55.